The maximum atomic E-state index is 12.3. The van der Waals surface area contributed by atoms with Crippen LogP contribution in [0.15, 0.2) is 59.5 Å². The first kappa shape index (κ1) is 17.2. The highest BCUT2D eigenvalue weighted by Gasteiger charge is 2.17. The van der Waals surface area contributed by atoms with E-state index in [1.165, 1.54) is 26.2 Å². The fourth-order valence-corrected chi connectivity index (χ4v) is 2.98. The topological polar surface area (TPSA) is 57.7 Å². The second kappa shape index (κ2) is 6.93. The molecule has 0 fully saturated rings. The van der Waals surface area contributed by atoms with E-state index >= 15 is 0 Å². The van der Waals surface area contributed by atoms with Gasteiger partial charge in [0.15, 0.2) is 0 Å². The number of hydrogen-bond acceptors (Lipinski definition) is 3. The van der Waals surface area contributed by atoms with Gasteiger partial charge in [-0.25, -0.2) is 12.7 Å². The SMILES string of the molecule is CN(C(=O)Cc1ccc(S(=O)(=O)N(C)C)cc1)c1ccccc1. The lowest BCUT2D eigenvalue weighted by Crippen LogP contribution is -2.27. The number of nitrogens with zero attached hydrogens (tertiary/aromatic N) is 2. The van der Waals surface area contributed by atoms with E-state index in [-0.39, 0.29) is 17.2 Å². The number of carbonyl (C=O) groups is 1. The summed E-state index contributed by atoms with van der Waals surface area (Å²) in [6.45, 7) is 0. The Morgan fingerprint density at radius 1 is 0.913 bits per heavy atom. The summed E-state index contributed by atoms with van der Waals surface area (Å²) in [4.78, 5) is 14.1. The zero-order chi connectivity index (χ0) is 17.0. The Morgan fingerprint density at radius 3 is 2.00 bits per heavy atom. The molecule has 1 amide bonds. The van der Waals surface area contributed by atoms with Crippen LogP contribution in [0.25, 0.3) is 0 Å². The van der Waals surface area contributed by atoms with Crippen molar-refractivity contribution in [1.82, 2.24) is 4.31 Å². The van der Waals surface area contributed by atoms with Crippen molar-refractivity contribution in [3.8, 4) is 0 Å². The van der Waals surface area contributed by atoms with E-state index in [2.05, 4.69) is 0 Å². The van der Waals surface area contributed by atoms with Crippen LogP contribution in [0.2, 0.25) is 0 Å². The van der Waals surface area contributed by atoms with Gasteiger partial charge in [-0.3, -0.25) is 4.79 Å². The van der Waals surface area contributed by atoms with Crippen molar-refractivity contribution in [1.29, 1.82) is 0 Å². The van der Waals surface area contributed by atoms with Crippen molar-refractivity contribution in [3.05, 3.63) is 60.2 Å². The molecule has 0 saturated heterocycles. The number of anilines is 1. The van der Waals surface area contributed by atoms with Gasteiger partial charge in [-0.1, -0.05) is 30.3 Å². The maximum Gasteiger partial charge on any atom is 0.242 e. The van der Waals surface area contributed by atoms with Crippen LogP contribution in [0.5, 0.6) is 0 Å². The minimum atomic E-state index is -3.44. The smallest absolute Gasteiger partial charge is 0.242 e. The highest BCUT2D eigenvalue weighted by atomic mass is 32.2. The average molecular weight is 332 g/mol. The molecule has 0 atom stereocenters. The number of carbonyl (C=O) groups excluding carboxylic acids is 1. The van der Waals surface area contributed by atoms with Crippen LogP contribution < -0.4 is 4.90 Å². The monoisotopic (exact) mass is 332 g/mol. The Balaban J connectivity index is 2.11. The first-order valence-corrected chi connectivity index (χ1v) is 8.59. The molecule has 0 aliphatic carbocycles. The van der Waals surface area contributed by atoms with Crippen molar-refractivity contribution < 1.29 is 13.2 Å². The van der Waals surface area contributed by atoms with Gasteiger partial charge >= 0.3 is 0 Å². The Bertz CT molecular complexity index is 769. The summed E-state index contributed by atoms with van der Waals surface area (Å²) in [6.07, 6.45) is 0.216. The van der Waals surface area contributed by atoms with E-state index in [9.17, 15) is 13.2 Å². The number of sulfonamides is 1. The molecule has 0 heterocycles. The van der Waals surface area contributed by atoms with Crippen molar-refractivity contribution in [3.63, 3.8) is 0 Å². The molecule has 0 aromatic heterocycles. The Morgan fingerprint density at radius 2 is 1.48 bits per heavy atom. The van der Waals surface area contributed by atoms with Crippen molar-refractivity contribution in [2.45, 2.75) is 11.3 Å². The predicted molar refractivity (Wildman–Crippen MR) is 90.9 cm³/mol. The normalized spacial score (nSPS) is 11.5. The standard InChI is InChI=1S/C17H20N2O3S/c1-18(2)23(21,22)16-11-9-14(10-12-16)13-17(20)19(3)15-7-5-4-6-8-15/h4-12H,13H2,1-3H3. The van der Waals surface area contributed by atoms with Crippen LogP contribution in [0.4, 0.5) is 5.69 Å². The van der Waals surface area contributed by atoms with Gasteiger partial charge in [-0.15, -0.1) is 0 Å². The van der Waals surface area contributed by atoms with E-state index in [4.69, 9.17) is 0 Å². The molecule has 2 aromatic rings. The molecule has 0 saturated carbocycles. The van der Waals surface area contributed by atoms with Gasteiger partial charge in [0.1, 0.15) is 0 Å². The van der Waals surface area contributed by atoms with E-state index in [1.807, 2.05) is 30.3 Å². The minimum absolute atomic E-state index is 0.0561. The first-order chi connectivity index (χ1) is 10.8. The number of rotatable bonds is 5. The third-order valence-electron chi connectivity index (χ3n) is 3.57. The molecule has 122 valence electrons. The van der Waals surface area contributed by atoms with Crippen LogP contribution in [-0.4, -0.2) is 39.8 Å². The van der Waals surface area contributed by atoms with Gasteiger partial charge in [0.05, 0.1) is 11.3 Å². The van der Waals surface area contributed by atoms with E-state index in [0.717, 1.165) is 15.6 Å². The predicted octanol–water partition coefficient (Wildman–Crippen LogP) is 2.14. The van der Waals surface area contributed by atoms with E-state index < -0.39 is 10.0 Å². The summed E-state index contributed by atoms with van der Waals surface area (Å²) in [5.74, 6) is -0.0561. The van der Waals surface area contributed by atoms with Crippen molar-refractivity contribution in [2.75, 3.05) is 26.0 Å². The average Bonchev–Trinajstić information content (AvgIpc) is 2.55. The summed E-state index contributed by atoms with van der Waals surface area (Å²) in [6, 6.07) is 15.8. The fourth-order valence-electron chi connectivity index (χ4n) is 2.08. The van der Waals surface area contributed by atoms with Gasteiger partial charge < -0.3 is 4.90 Å². The summed E-state index contributed by atoms with van der Waals surface area (Å²) >= 11 is 0. The fraction of sp³-hybridized carbons (Fsp3) is 0.235. The molecule has 0 unspecified atom stereocenters. The van der Waals surface area contributed by atoms with Gasteiger partial charge in [-0.2, -0.15) is 0 Å². The van der Waals surface area contributed by atoms with Crippen molar-refractivity contribution >= 4 is 21.6 Å². The number of likely N-dealkylation sites (N-methyl/N-ethyl adjacent to an activating group) is 1. The molecule has 23 heavy (non-hydrogen) atoms. The quantitative estimate of drug-likeness (QED) is 0.843. The number of benzene rings is 2. The number of para-hydroxylation sites is 1. The lowest BCUT2D eigenvalue weighted by atomic mass is 10.1. The van der Waals surface area contributed by atoms with Crippen LogP contribution in [-0.2, 0) is 21.2 Å². The van der Waals surface area contributed by atoms with Crippen molar-refractivity contribution in [2.24, 2.45) is 0 Å². The van der Waals surface area contributed by atoms with Gasteiger partial charge in [0, 0.05) is 26.8 Å². The van der Waals surface area contributed by atoms with Crippen LogP contribution in [0, 0.1) is 0 Å². The summed E-state index contributed by atoms with van der Waals surface area (Å²) in [5.41, 5.74) is 1.60. The third-order valence-corrected chi connectivity index (χ3v) is 5.40. The first-order valence-electron chi connectivity index (χ1n) is 7.15. The van der Waals surface area contributed by atoms with Crippen LogP contribution >= 0.6 is 0 Å². The van der Waals surface area contributed by atoms with E-state index in [1.54, 1.807) is 24.1 Å². The molecule has 2 aromatic carbocycles. The summed E-state index contributed by atoms with van der Waals surface area (Å²) in [7, 11) is 1.26. The van der Waals surface area contributed by atoms with Gasteiger partial charge in [0.25, 0.3) is 0 Å². The molecular weight excluding hydrogens is 312 g/mol. The molecule has 6 heteroatoms. The minimum Gasteiger partial charge on any atom is -0.315 e. The molecule has 2 rings (SSSR count). The number of hydrogen-bond donors (Lipinski definition) is 0. The molecule has 0 radical (unpaired) electrons. The lowest BCUT2D eigenvalue weighted by Gasteiger charge is -2.17. The second-order valence-electron chi connectivity index (χ2n) is 5.40. The zero-order valence-corrected chi connectivity index (χ0v) is 14.2. The molecule has 0 aliphatic rings. The van der Waals surface area contributed by atoms with Crippen LogP contribution in [0.3, 0.4) is 0 Å². The molecule has 0 N–H and O–H groups in total. The molecule has 0 bridgehead atoms. The van der Waals surface area contributed by atoms with E-state index in [0.29, 0.717) is 0 Å². The van der Waals surface area contributed by atoms with Gasteiger partial charge in [-0.05, 0) is 29.8 Å². The Labute approximate surface area is 137 Å². The molecule has 0 aliphatic heterocycles. The molecular formula is C17H20N2O3S. The zero-order valence-electron chi connectivity index (χ0n) is 13.4. The number of amides is 1. The highest BCUT2D eigenvalue weighted by Crippen LogP contribution is 2.16. The molecule has 5 nitrogen and oxygen atoms in total. The van der Waals surface area contributed by atoms with Crippen LogP contribution in [0.1, 0.15) is 5.56 Å². The Hall–Kier alpha value is -2.18. The maximum absolute atomic E-state index is 12.3. The second-order valence-corrected chi connectivity index (χ2v) is 7.55. The Kier molecular flexibility index (Phi) is 5.18. The largest absolute Gasteiger partial charge is 0.315 e. The molecule has 0 spiro atoms. The highest BCUT2D eigenvalue weighted by molar-refractivity contribution is 7.89. The summed E-state index contributed by atoms with van der Waals surface area (Å²) < 4.78 is 25.2. The third kappa shape index (κ3) is 3.97. The summed E-state index contributed by atoms with van der Waals surface area (Å²) in [5, 5.41) is 0. The lowest BCUT2D eigenvalue weighted by molar-refractivity contribution is -0.117. The van der Waals surface area contributed by atoms with Gasteiger partial charge in [0.2, 0.25) is 15.9 Å².